The third kappa shape index (κ3) is 4.92. The molecule has 5 heteroatoms. The first-order valence-corrected chi connectivity index (χ1v) is 8.98. The van der Waals surface area contributed by atoms with Crippen LogP contribution >= 0.6 is 11.8 Å². The topological polar surface area (TPSA) is 22.1 Å². The molecule has 122 valence electrons. The van der Waals surface area contributed by atoms with Crippen LogP contribution in [0.5, 0.6) is 0 Å². The molecule has 1 saturated heterocycles. The van der Waals surface area contributed by atoms with Crippen LogP contribution in [0.3, 0.4) is 0 Å². The summed E-state index contributed by atoms with van der Waals surface area (Å²) in [5, 5.41) is 0. The van der Waals surface area contributed by atoms with E-state index in [0.29, 0.717) is 6.04 Å². The van der Waals surface area contributed by atoms with E-state index in [1.807, 2.05) is 11.8 Å². The summed E-state index contributed by atoms with van der Waals surface area (Å²) < 4.78 is 0. The summed E-state index contributed by atoms with van der Waals surface area (Å²) in [6.45, 7) is 3.05. The lowest BCUT2D eigenvalue weighted by Gasteiger charge is -2.35. The zero-order valence-electron chi connectivity index (χ0n) is 14.2. The molecule has 0 aliphatic carbocycles. The first-order chi connectivity index (χ1) is 10.6. The van der Waals surface area contributed by atoms with Gasteiger partial charge in [-0.05, 0) is 5.56 Å². The lowest BCUT2D eigenvalue weighted by atomic mass is 10.2. The van der Waals surface area contributed by atoms with E-state index in [-0.39, 0.29) is 0 Å². The van der Waals surface area contributed by atoms with Crippen LogP contribution in [0.1, 0.15) is 5.56 Å². The van der Waals surface area contributed by atoms with E-state index in [9.17, 15) is 0 Å². The molecule has 1 fully saturated rings. The number of hydrogen-bond donors (Lipinski definition) is 0. The van der Waals surface area contributed by atoms with Crippen molar-refractivity contribution in [3.8, 4) is 0 Å². The summed E-state index contributed by atoms with van der Waals surface area (Å²) in [5.74, 6) is 3.43. The van der Waals surface area contributed by atoms with E-state index < -0.39 is 0 Å². The highest BCUT2D eigenvalue weighted by Crippen LogP contribution is 2.19. The summed E-state index contributed by atoms with van der Waals surface area (Å²) in [4.78, 5) is 11.6. The van der Waals surface area contributed by atoms with Crippen molar-refractivity contribution in [2.75, 3.05) is 52.8 Å². The van der Waals surface area contributed by atoms with Crippen LogP contribution in [0.25, 0.3) is 0 Å². The molecule has 0 spiro atoms. The first-order valence-electron chi connectivity index (χ1n) is 7.82. The predicted molar refractivity (Wildman–Crippen MR) is 97.6 cm³/mol. The average Bonchev–Trinajstić information content (AvgIpc) is 2.49. The summed E-state index contributed by atoms with van der Waals surface area (Å²) >= 11 is 2.05. The number of guanidine groups is 1. The molecule has 22 heavy (non-hydrogen) atoms. The molecular weight excluding hydrogens is 292 g/mol. The number of hydrogen-bond acceptors (Lipinski definition) is 3. The maximum absolute atomic E-state index is 4.85. The Morgan fingerprint density at radius 3 is 2.50 bits per heavy atom. The Balaban J connectivity index is 2.02. The van der Waals surface area contributed by atoms with Crippen molar-refractivity contribution in [2.24, 2.45) is 4.99 Å². The SMILES string of the molecule is CN(C)C(=NCC1CSCCN1Cc1ccccc1)N(C)C. The number of thioether (sulfide) groups is 1. The van der Waals surface area contributed by atoms with E-state index in [1.54, 1.807) is 0 Å². The Morgan fingerprint density at radius 1 is 1.18 bits per heavy atom. The maximum Gasteiger partial charge on any atom is 0.195 e. The minimum absolute atomic E-state index is 0.522. The molecule has 0 amide bonds. The first kappa shape index (κ1) is 17.2. The second-order valence-corrected chi connectivity index (χ2v) is 7.26. The molecule has 0 radical (unpaired) electrons. The normalized spacial score (nSPS) is 18.8. The molecule has 2 rings (SSSR count). The molecule has 0 bridgehead atoms. The van der Waals surface area contributed by atoms with Gasteiger partial charge in [0.15, 0.2) is 5.96 Å². The summed E-state index contributed by atoms with van der Waals surface area (Å²) in [6.07, 6.45) is 0. The Morgan fingerprint density at radius 2 is 1.86 bits per heavy atom. The number of rotatable bonds is 4. The van der Waals surface area contributed by atoms with E-state index in [0.717, 1.165) is 25.6 Å². The monoisotopic (exact) mass is 320 g/mol. The van der Waals surface area contributed by atoms with E-state index in [1.165, 1.54) is 17.1 Å². The third-order valence-corrected chi connectivity index (χ3v) is 4.91. The van der Waals surface area contributed by atoms with Gasteiger partial charge in [-0.2, -0.15) is 11.8 Å². The second kappa shape index (κ2) is 8.44. The van der Waals surface area contributed by atoms with Gasteiger partial charge in [0.05, 0.1) is 6.54 Å². The van der Waals surface area contributed by atoms with Crippen molar-refractivity contribution in [1.82, 2.24) is 14.7 Å². The minimum atomic E-state index is 0.522. The lowest BCUT2D eigenvalue weighted by Crippen LogP contribution is -2.44. The molecule has 0 saturated carbocycles. The van der Waals surface area contributed by atoms with Crippen molar-refractivity contribution in [1.29, 1.82) is 0 Å². The van der Waals surface area contributed by atoms with E-state index in [4.69, 9.17) is 4.99 Å². The van der Waals surface area contributed by atoms with Crippen LogP contribution in [-0.2, 0) is 6.54 Å². The van der Waals surface area contributed by atoms with Gasteiger partial charge in [0.25, 0.3) is 0 Å². The van der Waals surface area contributed by atoms with Gasteiger partial charge in [0, 0.05) is 58.8 Å². The highest BCUT2D eigenvalue weighted by atomic mass is 32.2. The zero-order chi connectivity index (χ0) is 15.9. The predicted octanol–water partition coefficient (Wildman–Crippen LogP) is 2.08. The fraction of sp³-hybridized carbons (Fsp3) is 0.588. The van der Waals surface area contributed by atoms with Crippen molar-refractivity contribution >= 4 is 17.7 Å². The van der Waals surface area contributed by atoms with Gasteiger partial charge in [0.1, 0.15) is 0 Å². The Labute approximate surface area is 139 Å². The van der Waals surface area contributed by atoms with E-state index in [2.05, 4.69) is 73.2 Å². The molecule has 0 aromatic heterocycles. The zero-order valence-corrected chi connectivity index (χ0v) is 15.0. The standard InChI is InChI=1S/C17H28N4S/c1-19(2)17(20(3)4)18-12-16-14-22-11-10-21(16)13-15-8-6-5-7-9-15/h5-9,16H,10-14H2,1-4H3. The molecule has 1 aromatic carbocycles. The molecule has 1 heterocycles. The second-order valence-electron chi connectivity index (χ2n) is 6.11. The van der Waals surface area contributed by atoms with Crippen LogP contribution in [-0.4, -0.2) is 79.5 Å². The fourth-order valence-electron chi connectivity index (χ4n) is 2.75. The highest BCUT2D eigenvalue weighted by Gasteiger charge is 2.23. The fourth-order valence-corrected chi connectivity index (χ4v) is 3.87. The van der Waals surface area contributed by atoms with Crippen LogP contribution in [0.15, 0.2) is 35.3 Å². The molecular formula is C17H28N4S. The minimum Gasteiger partial charge on any atom is -0.349 e. The third-order valence-electron chi connectivity index (χ3n) is 3.82. The van der Waals surface area contributed by atoms with Gasteiger partial charge in [-0.1, -0.05) is 30.3 Å². The Hall–Kier alpha value is -1.20. The molecule has 0 N–H and O–H groups in total. The highest BCUT2D eigenvalue weighted by molar-refractivity contribution is 7.99. The average molecular weight is 321 g/mol. The number of benzene rings is 1. The summed E-state index contributed by atoms with van der Waals surface area (Å²) in [7, 11) is 8.21. The van der Waals surface area contributed by atoms with Crippen LogP contribution in [0.4, 0.5) is 0 Å². The van der Waals surface area contributed by atoms with Gasteiger partial charge in [-0.3, -0.25) is 9.89 Å². The summed E-state index contributed by atoms with van der Waals surface area (Å²) in [5.41, 5.74) is 1.39. The van der Waals surface area contributed by atoms with E-state index >= 15 is 0 Å². The van der Waals surface area contributed by atoms with Gasteiger partial charge in [0.2, 0.25) is 0 Å². The molecule has 1 unspecified atom stereocenters. The molecule has 1 atom stereocenters. The van der Waals surface area contributed by atoms with Gasteiger partial charge in [-0.15, -0.1) is 0 Å². The van der Waals surface area contributed by atoms with Crippen molar-refractivity contribution in [2.45, 2.75) is 12.6 Å². The van der Waals surface area contributed by atoms with Crippen LogP contribution < -0.4 is 0 Å². The van der Waals surface area contributed by atoms with Crippen LogP contribution in [0.2, 0.25) is 0 Å². The van der Waals surface area contributed by atoms with Crippen LogP contribution in [0, 0.1) is 0 Å². The smallest absolute Gasteiger partial charge is 0.195 e. The van der Waals surface area contributed by atoms with Gasteiger partial charge >= 0.3 is 0 Å². The lowest BCUT2D eigenvalue weighted by molar-refractivity contribution is 0.214. The maximum atomic E-state index is 4.85. The van der Waals surface area contributed by atoms with Crippen molar-refractivity contribution in [3.63, 3.8) is 0 Å². The van der Waals surface area contributed by atoms with Crippen molar-refractivity contribution < 1.29 is 0 Å². The molecule has 1 aliphatic heterocycles. The number of nitrogens with zero attached hydrogens (tertiary/aromatic N) is 4. The van der Waals surface area contributed by atoms with Gasteiger partial charge < -0.3 is 9.80 Å². The molecule has 1 aliphatic rings. The Kier molecular flexibility index (Phi) is 6.58. The molecule has 1 aromatic rings. The molecule has 4 nitrogen and oxygen atoms in total. The summed E-state index contributed by atoms with van der Waals surface area (Å²) in [6, 6.07) is 11.3. The number of aliphatic imine (C=N–C) groups is 1. The van der Waals surface area contributed by atoms with Crippen molar-refractivity contribution in [3.05, 3.63) is 35.9 Å². The quantitative estimate of drug-likeness (QED) is 0.626. The Bertz CT molecular complexity index is 463. The van der Waals surface area contributed by atoms with Gasteiger partial charge in [-0.25, -0.2) is 0 Å². The largest absolute Gasteiger partial charge is 0.349 e.